The second-order valence-corrected chi connectivity index (χ2v) is 28.1. The van der Waals surface area contributed by atoms with Crippen molar-refractivity contribution in [1.82, 2.24) is 0 Å². The van der Waals surface area contributed by atoms with Crippen LogP contribution in [0.5, 0.6) is 0 Å². The number of hydrogen-bond acceptors (Lipinski definition) is 3. The summed E-state index contributed by atoms with van der Waals surface area (Å²) in [5, 5.41) is 5.12. The summed E-state index contributed by atoms with van der Waals surface area (Å²) < 4.78 is 10.5. The molecule has 1 fully saturated rings. The molecule has 8 aromatic carbocycles. The summed E-state index contributed by atoms with van der Waals surface area (Å²) in [6.07, 6.45) is 10.3. The van der Waals surface area contributed by atoms with Gasteiger partial charge < -0.3 is 0 Å². The molecule has 0 atom stereocenters. The average Bonchev–Trinajstić information content (AvgIpc) is 2.76. The van der Waals surface area contributed by atoms with Crippen LogP contribution in [-0.2, 0) is 33.5 Å². The van der Waals surface area contributed by atoms with E-state index in [-0.39, 0.29) is 0 Å². The Kier molecular flexibility index (Phi) is 14.3. The normalized spacial score (nSPS) is 16.1. The molecular weight excluding hydrogens is 1210 g/mol. The second-order valence-electron chi connectivity index (χ2n) is 22.0. The molecule has 3 aliphatic rings. The Labute approximate surface area is 497 Å². The first-order valence-electron chi connectivity index (χ1n) is 28.2. The first-order chi connectivity index (χ1) is 39.6. The van der Waals surface area contributed by atoms with Crippen molar-refractivity contribution >= 4 is 57.5 Å². The predicted octanol–water partition coefficient (Wildman–Crippen LogP) is 18.3. The molecule has 13 rings (SSSR count). The van der Waals surface area contributed by atoms with E-state index in [0.717, 1.165) is 6.42 Å². The quantitative estimate of drug-likeness (QED) is 0.111. The van der Waals surface area contributed by atoms with E-state index in [2.05, 4.69) is 283 Å². The van der Waals surface area contributed by atoms with Crippen LogP contribution in [0.15, 0.2) is 247 Å². The zero-order valence-corrected chi connectivity index (χ0v) is 51.7. The summed E-state index contributed by atoms with van der Waals surface area (Å²) in [6.45, 7) is 14.4. The minimum atomic E-state index is -2.66. The topological polar surface area (TPSA) is 9.23 Å². The summed E-state index contributed by atoms with van der Waals surface area (Å²) >= 11 is 5.76. The van der Waals surface area contributed by atoms with Gasteiger partial charge in [-0.15, -0.1) is 0 Å². The van der Waals surface area contributed by atoms with E-state index in [1.807, 2.05) is 40.6 Å². The van der Waals surface area contributed by atoms with Crippen molar-refractivity contribution in [2.45, 2.75) is 58.8 Å². The van der Waals surface area contributed by atoms with Gasteiger partial charge in [0.1, 0.15) is 0 Å². The van der Waals surface area contributed by atoms with Crippen molar-refractivity contribution in [3.8, 4) is 25.3 Å². The van der Waals surface area contributed by atoms with Crippen LogP contribution in [0.2, 0.25) is 0 Å². The van der Waals surface area contributed by atoms with Crippen molar-refractivity contribution in [2.24, 2.45) is 0 Å². The van der Waals surface area contributed by atoms with E-state index in [0.29, 0.717) is 13.2 Å². The summed E-state index contributed by atoms with van der Waals surface area (Å²) in [5.74, 6) is 0. The van der Waals surface area contributed by atoms with Gasteiger partial charge in [0, 0.05) is 4.88 Å². The third-order valence-corrected chi connectivity index (χ3v) is 24.8. The summed E-state index contributed by atoms with van der Waals surface area (Å²) in [7, 11) is -2.66. The Bertz CT molecular complexity index is 4000. The summed E-state index contributed by atoms with van der Waals surface area (Å²) in [6, 6.07) is 82.1. The fraction of sp³-hybridized carbons (Fsp3) is 0.145. The molecule has 0 amide bonds. The van der Waals surface area contributed by atoms with Gasteiger partial charge in [0.2, 0.25) is 0 Å². The van der Waals surface area contributed by atoms with E-state index in [1.165, 1.54) is 135 Å². The fourth-order valence-electron chi connectivity index (χ4n) is 13.3. The van der Waals surface area contributed by atoms with Gasteiger partial charge in [-0.1, -0.05) is 41.5 Å². The average molecular weight is 1280 g/mol. The molecule has 2 aliphatic carbocycles. The Morgan fingerprint density at radius 3 is 1.33 bits per heavy atom. The third-order valence-electron chi connectivity index (χ3n) is 17.1. The molecule has 5 heteroatoms. The van der Waals surface area contributed by atoms with Gasteiger partial charge in [0.05, 0.1) is 0 Å². The van der Waals surface area contributed by atoms with Gasteiger partial charge in [-0.3, -0.25) is 0 Å². The van der Waals surface area contributed by atoms with Gasteiger partial charge in [-0.25, -0.2) is 0 Å². The van der Waals surface area contributed by atoms with Crippen molar-refractivity contribution in [1.29, 1.82) is 0 Å². The summed E-state index contributed by atoms with van der Waals surface area (Å²) in [4.78, 5) is 5.14. The second kappa shape index (κ2) is 21.7. The number of rotatable bonds is 12. The SMILES string of the molecule is C/C=C/c1cc2c(s1)-c1cc3c(cc1C2(c1ccc(C)cc1)c1ccc(C)cc1)-c1sc(C(C=C2COCC2=CCC)=C([C]#[Os])[P+](c2ccccc2)(c2ccccc2)c2ccccc2)cc1C3(c1ccc(C)cc1)c1ccc(C)cc1. The Morgan fingerprint density at radius 2 is 0.926 bits per heavy atom. The van der Waals surface area contributed by atoms with Crippen molar-refractivity contribution in [3.63, 3.8) is 0 Å². The first kappa shape index (κ1) is 53.2. The Balaban J connectivity index is 1.20. The molecule has 0 radical (unpaired) electrons. The molecule has 81 heavy (non-hydrogen) atoms. The molecule has 0 spiro atoms. The molecule has 0 saturated carbocycles. The van der Waals surface area contributed by atoms with Crippen molar-refractivity contribution in [3.05, 3.63) is 324 Å². The molecule has 0 unspecified atom stereocenters. The van der Waals surface area contributed by atoms with E-state index in [4.69, 9.17) is 4.74 Å². The predicted molar refractivity (Wildman–Crippen MR) is 344 cm³/mol. The van der Waals surface area contributed by atoms with Crippen LogP contribution in [0.25, 0.3) is 32.5 Å². The standard InChI is InChI=1S/C76H63OPS2.Os/c1-8-19-55-48-77-49-56(55)43-65(54(7)78(61-21-13-10-14-22-61,62-23-15-11-16-24-62)63-25-17-12-18-26-63)72-47-71-74(80-72)67-46-68-66(45-69(67)76(71,59-39-31-52(5)32-40-59)60-41-33-53(6)34-42-60)73-70(44-64(79-73)20-9-2)75(68,57-35-27-50(3)28-36-57)58-37-29-51(4)30-38-58;/h9-47H,8,48-49H2,1-6H3;/q+1;/b20-9+,55-19?,56-43?,65-54?;. The maximum atomic E-state index is 6.41. The van der Waals surface area contributed by atoms with Gasteiger partial charge in [0.25, 0.3) is 0 Å². The molecule has 0 N–H and O–H groups in total. The number of ether oxygens (including phenoxy) is 1. The molecule has 1 aliphatic heterocycles. The molecule has 1 saturated heterocycles. The van der Waals surface area contributed by atoms with Crippen LogP contribution in [0, 0.1) is 32.1 Å². The molecule has 10 aromatic rings. The first-order valence-corrected chi connectivity index (χ1v) is 32.9. The van der Waals surface area contributed by atoms with Crippen molar-refractivity contribution < 1.29 is 22.7 Å². The number of hydrogen-bond donors (Lipinski definition) is 0. The van der Waals surface area contributed by atoms with Gasteiger partial charge in [-0.05, 0) is 26.8 Å². The Morgan fingerprint density at radius 1 is 0.519 bits per heavy atom. The van der Waals surface area contributed by atoms with Gasteiger partial charge in [0.15, 0.2) is 0 Å². The molecule has 397 valence electrons. The van der Waals surface area contributed by atoms with Gasteiger partial charge >= 0.3 is 428 Å². The van der Waals surface area contributed by atoms with Crippen LogP contribution < -0.4 is 15.9 Å². The van der Waals surface area contributed by atoms with Crippen molar-refractivity contribution in [2.75, 3.05) is 13.2 Å². The molecule has 3 heterocycles. The van der Waals surface area contributed by atoms with Crippen LogP contribution in [0.3, 0.4) is 0 Å². The number of benzene rings is 8. The van der Waals surface area contributed by atoms with Crippen LogP contribution in [-0.4, -0.2) is 13.2 Å². The molecular formula is C76H63OOsPS2+. The molecule has 0 bridgehead atoms. The zero-order valence-electron chi connectivity index (χ0n) is 46.7. The van der Waals surface area contributed by atoms with E-state index >= 15 is 0 Å². The van der Waals surface area contributed by atoms with Crippen LogP contribution in [0.1, 0.15) is 96.8 Å². The van der Waals surface area contributed by atoms with Crippen LogP contribution >= 0.6 is 29.9 Å². The minimum absolute atomic E-state index is 0.554. The fourth-order valence-corrected chi connectivity index (χ4v) is 21.7. The maximum absolute atomic E-state index is 6.41. The molecule has 1 nitrogen and oxygen atoms in total. The van der Waals surface area contributed by atoms with Gasteiger partial charge in [-0.2, -0.15) is 0 Å². The number of allylic oxidation sites excluding steroid dienone is 5. The van der Waals surface area contributed by atoms with E-state index in [9.17, 15) is 0 Å². The zero-order chi connectivity index (χ0) is 55.5. The monoisotopic (exact) mass is 1280 g/mol. The number of thiophene rings is 2. The van der Waals surface area contributed by atoms with Crippen LogP contribution in [0.4, 0.5) is 0 Å². The molecule has 2 aromatic heterocycles. The summed E-state index contributed by atoms with van der Waals surface area (Å²) in [5.41, 5.74) is 20.5. The third kappa shape index (κ3) is 8.57. The Hall–Kier alpha value is -7.07. The van der Waals surface area contributed by atoms with E-state index in [1.54, 1.807) is 0 Å². The number of fused-ring (bicyclic) bond motifs is 6. The number of aryl methyl sites for hydroxylation is 4. The van der Waals surface area contributed by atoms with E-state index < -0.39 is 18.1 Å².